The standard InChI is InChI=1S/C14H15NO2S/c1-15(10-12-6-4-8-18-12)9-11-5-2-3-7-13(11)14(16)17/h2-8H,9-10H2,1H3,(H,16,17). The predicted octanol–water partition coefficient (Wildman–Crippen LogP) is 3.08. The molecule has 94 valence electrons. The number of rotatable bonds is 5. The number of hydrogen-bond donors (Lipinski definition) is 1. The van der Waals surface area contributed by atoms with Crippen LogP contribution < -0.4 is 0 Å². The number of hydrogen-bond acceptors (Lipinski definition) is 3. The zero-order valence-corrected chi connectivity index (χ0v) is 11.0. The van der Waals surface area contributed by atoms with Crippen molar-refractivity contribution in [1.82, 2.24) is 4.90 Å². The highest BCUT2D eigenvalue weighted by Crippen LogP contribution is 2.15. The van der Waals surface area contributed by atoms with Crippen molar-refractivity contribution in [3.63, 3.8) is 0 Å². The minimum atomic E-state index is -0.866. The van der Waals surface area contributed by atoms with Crippen molar-refractivity contribution in [3.05, 3.63) is 57.8 Å². The van der Waals surface area contributed by atoms with Crippen LogP contribution in [0.25, 0.3) is 0 Å². The molecule has 3 nitrogen and oxygen atoms in total. The van der Waals surface area contributed by atoms with Crippen LogP contribution in [0.3, 0.4) is 0 Å². The van der Waals surface area contributed by atoms with Gasteiger partial charge in [0, 0.05) is 18.0 Å². The summed E-state index contributed by atoms with van der Waals surface area (Å²) < 4.78 is 0. The Balaban J connectivity index is 2.07. The van der Waals surface area contributed by atoms with Gasteiger partial charge in [0.05, 0.1) is 5.56 Å². The van der Waals surface area contributed by atoms with Gasteiger partial charge in [-0.3, -0.25) is 4.90 Å². The lowest BCUT2D eigenvalue weighted by molar-refractivity contribution is 0.0694. The zero-order chi connectivity index (χ0) is 13.0. The highest BCUT2D eigenvalue weighted by molar-refractivity contribution is 7.09. The van der Waals surface area contributed by atoms with Crippen LogP contribution in [0.2, 0.25) is 0 Å². The van der Waals surface area contributed by atoms with Gasteiger partial charge in [-0.15, -0.1) is 11.3 Å². The van der Waals surface area contributed by atoms with E-state index in [2.05, 4.69) is 11.0 Å². The maximum atomic E-state index is 11.1. The molecule has 1 aromatic heterocycles. The molecule has 0 aliphatic rings. The van der Waals surface area contributed by atoms with E-state index in [1.54, 1.807) is 23.5 Å². The molecule has 0 unspecified atom stereocenters. The Kier molecular flexibility index (Phi) is 4.12. The summed E-state index contributed by atoms with van der Waals surface area (Å²) in [5.41, 5.74) is 1.24. The van der Waals surface area contributed by atoms with E-state index >= 15 is 0 Å². The number of carbonyl (C=O) groups is 1. The number of nitrogens with zero attached hydrogens (tertiary/aromatic N) is 1. The highest BCUT2D eigenvalue weighted by Gasteiger charge is 2.11. The lowest BCUT2D eigenvalue weighted by Crippen LogP contribution is -2.18. The van der Waals surface area contributed by atoms with E-state index in [9.17, 15) is 4.79 Å². The molecular weight excluding hydrogens is 246 g/mol. The molecule has 1 N–H and O–H groups in total. The zero-order valence-electron chi connectivity index (χ0n) is 10.2. The van der Waals surface area contributed by atoms with Gasteiger partial charge in [0.1, 0.15) is 0 Å². The molecule has 0 saturated heterocycles. The molecule has 0 aliphatic heterocycles. The minimum absolute atomic E-state index is 0.385. The third-order valence-electron chi connectivity index (χ3n) is 2.69. The molecule has 1 heterocycles. The Morgan fingerprint density at radius 1 is 1.22 bits per heavy atom. The first-order chi connectivity index (χ1) is 8.66. The first-order valence-corrected chi connectivity index (χ1v) is 6.57. The van der Waals surface area contributed by atoms with Crippen LogP contribution in [0, 0.1) is 0 Å². The van der Waals surface area contributed by atoms with Crippen molar-refractivity contribution in [2.24, 2.45) is 0 Å². The van der Waals surface area contributed by atoms with E-state index in [1.165, 1.54) is 4.88 Å². The summed E-state index contributed by atoms with van der Waals surface area (Å²) in [7, 11) is 2.00. The number of benzene rings is 1. The average Bonchev–Trinajstić information content (AvgIpc) is 2.82. The normalized spacial score (nSPS) is 10.8. The van der Waals surface area contributed by atoms with Gasteiger partial charge in [0.25, 0.3) is 0 Å². The topological polar surface area (TPSA) is 40.5 Å². The molecule has 0 fully saturated rings. The predicted molar refractivity (Wildman–Crippen MR) is 72.9 cm³/mol. The van der Waals surface area contributed by atoms with Crippen LogP contribution in [0.1, 0.15) is 20.8 Å². The van der Waals surface area contributed by atoms with Gasteiger partial charge in [0.15, 0.2) is 0 Å². The van der Waals surface area contributed by atoms with E-state index in [1.807, 2.05) is 30.6 Å². The van der Waals surface area contributed by atoms with Crippen LogP contribution in [0.4, 0.5) is 0 Å². The molecule has 0 radical (unpaired) electrons. The second-order valence-electron chi connectivity index (χ2n) is 4.21. The van der Waals surface area contributed by atoms with Crippen molar-refractivity contribution in [2.45, 2.75) is 13.1 Å². The van der Waals surface area contributed by atoms with Gasteiger partial charge in [0.2, 0.25) is 0 Å². The average molecular weight is 261 g/mol. The van der Waals surface area contributed by atoms with Crippen molar-refractivity contribution in [3.8, 4) is 0 Å². The fraction of sp³-hybridized carbons (Fsp3) is 0.214. The molecule has 2 aromatic rings. The monoisotopic (exact) mass is 261 g/mol. The molecule has 0 amide bonds. The van der Waals surface area contributed by atoms with Gasteiger partial charge < -0.3 is 5.11 Å². The van der Waals surface area contributed by atoms with Crippen molar-refractivity contribution in [1.29, 1.82) is 0 Å². The Hall–Kier alpha value is -1.65. The molecule has 0 aliphatic carbocycles. The fourth-order valence-corrected chi connectivity index (χ4v) is 2.67. The SMILES string of the molecule is CN(Cc1cccs1)Cc1ccccc1C(=O)O. The minimum Gasteiger partial charge on any atom is -0.478 e. The third kappa shape index (κ3) is 3.18. The smallest absolute Gasteiger partial charge is 0.336 e. The molecule has 0 spiro atoms. The van der Waals surface area contributed by atoms with Crippen LogP contribution in [-0.2, 0) is 13.1 Å². The summed E-state index contributed by atoms with van der Waals surface area (Å²) in [5.74, 6) is -0.866. The Bertz CT molecular complexity index is 522. The summed E-state index contributed by atoms with van der Waals surface area (Å²) >= 11 is 1.71. The molecule has 0 bridgehead atoms. The van der Waals surface area contributed by atoms with Crippen LogP contribution in [0.5, 0.6) is 0 Å². The Morgan fingerprint density at radius 2 is 2.00 bits per heavy atom. The van der Waals surface area contributed by atoms with Gasteiger partial charge in [-0.1, -0.05) is 24.3 Å². The second-order valence-corrected chi connectivity index (χ2v) is 5.25. The van der Waals surface area contributed by atoms with E-state index < -0.39 is 5.97 Å². The molecule has 2 rings (SSSR count). The van der Waals surface area contributed by atoms with Crippen LogP contribution >= 0.6 is 11.3 Å². The molecule has 18 heavy (non-hydrogen) atoms. The Labute approximate surface area is 110 Å². The van der Waals surface area contributed by atoms with E-state index in [0.29, 0.717) is 12.1 Å². The van der Waals surface area contributed by atoms with Crippen molar-refractivity contribution in [2.75, 3.05) is 7.05 Å². The van der Waals surface area contributed by atoms with E-state index in [4.69, 9.17) is 5.11 Å². The summed E-state index contributed by atoms with van der Waals surface area (Å²) in [6.07, 6.45) is 0. The summed E-state index contributed by atoms with van der Waals surface area (Å²) in [5, 5.41) is 11.2. The summed E-state index contributed by atoms with van der Waals surface area (Å²) in [6.45, 7) is 1.48. The van der Waals surface area contributed by atoms with Gasteiger partial charge in [-0.05, 0) is 30.1 Å². The quantitative estimate of drug-likeness (QED) is 0.899. The lowest BCUT2D eigenvalue weighted by Gasteiger charge is -2.17. The van der Waals surface area contributed by atoms with Gasteiger partial charge in [-0.25, -0.2) is 4.79 Å². The summed E-state index contributed by atoms with van der Waals surface area (Å²) in [6, 6.07) is 11.3. The molecule has 4 heteroatoms. The highest BCUT2D eigenvalue weighted by atomic mass is 32.1. The first kappa shape index (κ1) is 12.8. The van der Waals surface area contributed by atoms with Crippen molar-refractivity contribution >= 4 is 17.3 Å². The van der Waals surface area contributed by atoms with Gasteiger partial charge >= 0.3 is 5.97 Å². The maximum absolute atomic E-state index is 11.1. The fourth-order valence-electron chi connectivity index (χ4n) is 1.88. The molecular formula is C14H15NO2S. The largest absolute Gasteiger partial charge is 0.478 e. The number of carboxylic acid groups (broad SMARTS) is 1. The third-order valence-corrected chi connectivity index (χ3v) is 3.56. The Morgan fingerprint density at radius 3 is 2.67 bits per heavy atom. The number of aromatic carboxylic acids is 1. The summed E-state index contributed by atoms with van der Waals surface area (Å²) in [4.78, 5) is 14.5. The molecule has 0 atom stereocenters. The van der Waals surface area contributed by atoms with E-state index in [-0.39, 0.29) is 0 Å². The van der Waals surface area contributed by atoms with Crippen LogP contribution in [0.15, 0.2) is 41.8 Å². The first-order valence-electron chi connectivity index (χ1n) is 5.69. The van der Waals surface area contributed by atoms with Gasteiger partial charge in [-0.2, -0.15) is 0 Å². The van der Waals surface area contributed by atoms with E-state index in [0.717, 1.165) is 12.1 Å². The molecule has 1 aromatic carbocycles. The second kappa shape index (κ2) is 5.80. The number of carboxylic acids is 1. The molecule has 0 saturated carbocycles. The lowest BCUT2D eigenvalue weighted by atomic mass is 10.1. The number of thiophene rings is 1. The maximum Gasteiger partial charge on any atom is 0.336 e. The van der Waals surface area contributed by atoms with Crippen LogP contribution in [-0.4, -0.2) is 23.0 Å². The van der Waals surface area contributed by atoms with Crippen molar-refractivity contribution < 1.29 is 9.90 Å².